The zero-order chi connectivity index (χ0) is 31.9. The minimum atomic E-state index is -1.16. The second-order valence-corrected chi connectivity index (χ2v) is 10.5. The number of anilines is 2. The van der Waals surface area contributed by atoms with E-state index < -0.39 is 34.8 Å². The zero-order valence-electron chi connectivity index (χ0n) is 24.4. The number of rotatable bonds is 10. The molecule has 1 saturated heterocycles. The number of H-pyrrole nitrogens is 1. The molecule has 0 spiro atoms. The summed E-state index contributed by atoms with van der Waals surface area (Å²) in [4.78, 5) is 41.0. The Bertz CT molecular complexity index is 1700. The van der Waals surface area contributed by atoms with Crippen molar-refractivity contribution in [3.05, 3.63) is 101 Å². The lowest BCUT2D eigenvalue weighted by Crippen LogP contribution is -2.38. The standard InChI is InChI=1S/C32H31F3N6O4/c1-19-3-4-20(30(42)36-11-2-12-41-13-15-45-16-14-41)17-24(19)23-9-10-25(34)27(28(23)35)31(43)39-26-18-37-40-29(26)32(44)38-22-7-5-21(33)6-8-22/h3-10,17-18H,2,11-16H2,1H3,(H,36,42)(H,37,40)(H,38,44)(H,39,43). The minimum Gasteiger partial charge on any atom is -0.379 e. The van der Waals surface area contributed by atoms with Crippen molar-refractivity contribution in [2.45, 2.75) is 13.3 Å². The predicted molar refractivity (Wildman–Crippen MR) is 162 cm³/mol. The summed E-state index contributed by atoms with van der Waals surface area (Å²) < 4.78 is 49.3. The maximum Gasteiger partial charge on any atom is 0.275 e. The van der Waals surface area contributed by atoms with Gasteiger partial charge in [0.25, 0.3) is 17.7 Å². The van der Waals surface area contributed by atoms with Crippen molar-refractivity contribution in [1.29, 1.82) is 0 Å². The average Bonchev–Trinajstić information content (AvgIpc) is 3.49. The van der Waals surface area contributed by atoms with Gasteiger partial charge < -0.3 is 20.7 Å². The normalized spacial score (nSPS) is 13.3. The number of nitrogens with zero attached hydrogens (tertiary/aromatic N) is 2. The molecule has 5 rings (SSSR count). The fourth-order valence-corrected chi connectivity index (χ4v) is 4.92. The summed E-state index contributed by atoms with van der Waals surface area (Å²) in [5.74, 6) is -4.98. The molecule has 13 heteroatoms. The van der Waals surface area contributed by atoms with E-state index in [-0.39, 0.29) is 34.1 Å². The van der Waals surface area contributed by atoms with Gasteiger partial charge >= 0.3 is 0 Å². The number of aromatic nitrogens is 2. The molecule has 45 heavy (non-hydrogen) atoms. The van der Waals surface area contributed by atoms with Crippen LogP contribution in [0.15, 0.2) is 60.8 Å². The van der Waals surface area contributed by atoms with Crippen LogP contribution in [0, 0.1) is 24.4 Å². The number of carbonyl (C=O) groups excluding carboxylic acids is 3. The van der Waals surface area contributed by atoms with Gasteiger partial charge in [-0.3, -0.25) is 24.4 Å². The Morgan fingerprint density at radius 3 is 2.42 bits per heavy atom. The molecular weight excluding hydrogens is 589 g/mol. The lowest BCUT2D eigenvalue weighted by atomic mass is 9.95. The molecule has 4 N–H and O–H groups in total. The van der Waals surface area contributed by atoms with E-state index in [1.54, 1.807) is 19.1 Å². The average molecular weight is 621 g/mol. The molecule has 0 unspecified atom stereocenters. The van der Waals surface area contributed by atoms with Crippen molar-refractivity contribution in [2.24, 2.45) is 0 Å². The molecule has 1 aliphatic rings. The van der Waals surface area contributed by atoms with Gasteiger partial charge in [0.1, 0.15) is 28.7 Å². The molecule has 234 valence electrons. The summed E-state index contributed by atoms with van der Waals surface area (Å²) in [5.41, 5.74) is 0.189. The fraction of sp³-hybridized carbons (Fsp3) is 0.250. The molecule has 4 aromatic rings. The molecule has 0 saturated carbocycles. The van der Waals surface area contributed by atoms with Crippen LogP contribution >= 0.6 is 0 Å². The van der Waals surface area contributed by atoms with Crippen molar-refractivity contribution in [3.63, 3.8) is 0 Å². The van der Waals surface area contributed by atoms with Gasteiger partial charge in [0.2, 0.25) is 0 Å². The highest BCUT2D eigenvalue weighted by Crippen LogP contribution is 2.31. The second-order valence-electron chi connectivity index (χ2n) is 10.5. The highest BCUT2D eigenvalue weighted by molar-refractivity contribution is 6.12. The lowest BCUT2D eigenvalue weighted by Gasteiger charge is -2.26. The third-order valence-corrected chi connectivity index (χ3v) is 7.37. The molecule has 1 aromatic heterocycles. The lowest BCUT2D eigenvalue weighted by molar-refractivity contribution is 0.0374. The van der Waals surface area contributed by atoms with Gasteiger partial charge in [-0.2, -0.15) is 5.10 Å². The highest BCUT2D eigenvalue weighted by atomic mass is 19.1. The van der Waals surface area contributed by atoms with Crippen LogP contribution in [0.1, 0.15) is 43.2 Å². The Kier molecular flexibility index (Phi) is 9.90. The van der Waals surface area contributed by atoms with Gasteiger partial charge in [0, 0.05) is 36.4 Å². The molecule has 10 nitrogen and oxygen atoms in total. The van der Waals surface area contributed by atoms with Crippen molar-refractivity contribution < 1.29 is 32.3 Å². The first-order chi connectivity index (χ1) is 21.7. The molecule has 1 fully saturated rings. The predicted octanol–water partition coefficient (Wildman–Crippen LogP) is 4.76. The number of aromatic amines is 1. The van der Waals surface area contributed by atoms with Gasteiger partial charge in [-0.15, -0.1) is 0 Å². The maximum atomic E-state index is 15.9. The van der Waals surface area contributed by atoms with Crippen molar-refractivity contribution >= 4 is 29.1 Å². The largest absolute Gasteiger partial charge is 0.379 e. The molecule has 0 atom stereocenters. The summed E-state index contributed by atoms with van der Waals surface area (Å²) in [5, 5.41) is 13.9. The number of carbonyl (C=O) groups is 3. The zero-order valence-corrected chi connectivity index (χ0v) is 24.4. The number of nitrogens with one attached hydrogen (secondary N) is 4. The highest BCUT2D eigenvalue weighted by Gasteiger charge is 2.25. The van der Waals surface area contributed by atoms with Gasteiger partial charge in [-0.1, -0.05) is 6.07 Å². The Balaban J connectivity index is 1.30. The van der Waals surface area contributed by atoms with E-state index in [0.29, 0.717) is 30.9 Å². The van der Waals surface area contributed by atoms with Gasteiger partial charge in [-0.05, 0) is 79.5 Å². The monoisotopic (exact) mass is 620 g/mol. The van der Waals surface area contributed by atoms with E-state index in [1.165, 1.54) is 24.3 Å². The fourth-order valence-electron chi connectivity index (χ4n) is 4.92. The SMILES string of the molecule is Cc1ccc(C(=O)NCCCN2CCOCC2)cc1-c1ccc(F)c(C(=O)Nc2cn[nH]c2C(=O)Nc2ccc(F)cc2)c1F. The number of aryl methyl sites for hydroxylation is 1. The molecular formula is C32H31F3N6O4. The van der Waals surface area contributed by atoms with Crippen LogP contribution in [-0.2, 0) is 4.74 Å². The summed E-state index contributed by atoms with van der Waals surface area (Å²) in [6.45, 7) is 6.09. The van der Waals surface area contributed by atoms with Crippen LogP contribution in [0.5, 0.6) is 0 Å². The molecule has 3 amide bonds. The maximum absolute atomic E-state index is 15.9. The van der Waals surface area contributed by atoms with Crippen LogP contribution in [0.4, 0.5) is 24.5 Å². The number of amides is 3. The Labute approximate surface area is 257 Å². The molecule has 0 aliphatic carbocycles. The first-order valence-corrected chi connectivity index (χ1v) is 14.3. The molecule has 0 radical (unpaired) electrons. The number of benzene rings is 3. The summed E-state index contributed by atoms with van der Waals surface area (Å²) >= 11 is 0. The van der Waals surface area contributed by atoms with Crippen LogP contribution in [0.25, 0.3) is 11.1 Å². The smallest absolute Gasteiger partial charge is 0.275 e. The Morgan fingerprint density at radius 2 is 1.67 bits per heavy atom. The topological polar surface area (TPSA) is 128 Å². The van der Waals surface area contributed by atoms with Gasteiger partial charge in [0.15, 0.2) is 0 Å². The number of morpholine rings is 1. The molecule has 1 aliphatic heterocycles. The van der Waals surface area contributed by atoms with E-state index >= 15 is 4.39 Å². The third kappa shape index (κ3) is 7.56. The first-order valence-electron chi connectivity index (χ1n) is 14.3. The summed E-state index contributed by atoms with van der Waals surface area (Å²) in [7, 11) is 0. The number of hydrogen-bond acceptors (Lipinski definition) is 6. The van der Waals surface area contributed by atoms with E-state index in [1.807, 2.05) is 0 Å². The molecule has 3 aromatic carbocycles. The van der Waals surface area contributed by atoms with Crippen LogP contribution in [-0.4, -0.2) is 72.2 Å². The van der Waals surface area contributed by atoms with Crippen molar-refractivity contribution in [2.75, 3.05) is 50.0 Å². The Morgan fingerprint density at radius 1 is 0.911 bits per heavy atom. The van der Waals surface area contributed by atoms with E-state index in [4.69, 9.17) is 4.74 Å². The number of halogens is 3. The Hall–Kier alpha value is -5.01. The quantitative estimate of drug-likeness (QED) is 0.189. The molecule has 2 heterocycles. The van der Waals surface area contributed by atoms with Crippen molar-refractivity contribution in [1.82, 2.24) is 20.4 Å². The first kappa shape index (κ1) is 31.4. The van der Waals surface area contributed by atoms with Crippen LogP contribution in [0.3, 0.4) is 0 Å². The van der Waals surface area contributed by atoms with E-state index in [0.717, 1.165) is 50.5 Å². The molecule has 0 bridgehead atoms. The summed E-state index contributed by atoms with van der Waals surface area (Å²) in [6.07, 6.45) is 1.87. The van der Waals surface area contributed by atoms with E-state index in [2.05, 4.69) is 31.0 Å². The second kappa shape index (κ2) is 14.2. The summed E-state index contributed by atoms with van der Waals surface area (Å²) in [6, 6.07) is 11.9. The third-order valence-electron chi connectivity index (χ3n) is 7.37. The minimum absolute atomic E-state index is 0.0810. The van der Waals surface area contributed by atoms with E-state index in [9.17, 15) is 23.2 Å². The van der Waals surface area contributed by atoms with Crippen LogP contribution in [0.2, 0.25) is 0 Å². The van der Waals surface area contributed by atoms with Crippen molar-refractivity contribution in [3.8, 4) is 11.1 Å². The van der Waals surface area contributed by atoms with Gasteiger partial charge in [-0.25, -0.2) is 13.2 Å². The number of ether oxygens (including phenoxy) is 1. The van der Waals surface area contributed by atoms with Gasteiger partial charge in [0.05, 0.1) is 25.1 Å². The number of hydrogen-bond donors (Lipinski definition) is 4. The van der Waals surface area contributed by atoms with Crippen LogP contribution < -0.4 is 16.0 Å².